The molecule has 0 saturated heterocycles. The summed E-state index contributed by atoms with van der Waals surface area (Å²) in [5.74, 6) is 0.413. The van der Waals surface area contributed by atoms with Gasteiger partial charge in [0.15, 0.2) is 0 Å². The molecule has 0 aliphatic heterocycles. The number of thiocarbonyl (C=S) groups is 1. The number of carbonyl (C=O) groups excluding carboxylic acids is 1. The second kappa shape index (κ2) is 7.56. The van der Waals surface area contributed by atoms with Crippen LogP contribution in [0.2, 0.25) is 0 Å². The molecule has 0 bridgehead atoms. The largest absolute Gasteiger partial charge is 0.392 e. The summed E-state index contributed by atoms with van der Waals surface area (Å²) in [7, 11) is 0. The summed E-state index contributed by atoms with van der Waals surface area (Å²) in [6, 6.07) is -0.197. The number of nitrogens with two attached hydrogens (primary N) is 1. The molecule has 3 N–H and O–H groups in total. The van der Waals surface area contributed by atoms with Gasteiger partial charge in [-0.25, -0.2) is 4.79 Å². The molecular weight excluding hydrogens is 246 g/mol. The maximum Gasteiger partial charge on any atom is 0.317 e. The van der Waals surface area contributed by atoms with E-state index in [-0.39, 0.29) is 12.1 Å². The topological polar surface area (TPSA) is 58.4 Å². The number of rotatable bonds is 5. The zero-order valence-corrected chi connectivity index (χ0v) is 12.3. The molecule has 2 amide bonds. The first kappa shape index (κ1) is 15.2. The van der Waals surface area contributed by atoms with Crippen molar-refractivity contribution in [3.63, 3.8) is 0 Å². The molecule has 18 heavy (non-hydrogen) atoms. The second-order valence-electron chi connectivity index (χ2n) is 4.90. The summed E-state index contributed by atoms with van der Waals surface area (Å²) < 4.78 is 0. The predicted octanol–water partition coefficient (Wildman–Crippen LogP) is 2.27. The van der Waals surface area contributed by atoms with Crippen molar-refractivity contribution >= 4 is 23.2 Å². The van der Waals surface area contributed by atoms with Crippen LogP contribution in [0.15, 0.2) is 0 Å². The van der Waals surface area contributed by atoms with Crippen LogP contribution in [0.4, 0.5) is 4.79 Å². The third-order valence-corrected chi connectivity index (χ3v) is 4.01. The molecule has 0 aromatic heterocycles. The normalized spacial score (nSPS) is 18.1. The van der Waals surface area contributed by atoms with Crippen molar-refractivity contribution in [3.05, 3.63) is 0 Å². The molecule has 0 aromatic rings. The number of hydrogen-bond donors (Lipinski definition) is 2. The summed E-state index contributed by atoms with van der Waals surface area (Å²) in [6.07, 6.45) is 5.93. The monoisotopic (exact) mass is 271 g/mol. The molecule has 1 fully saturated rings. The molecule has 1 saturated carbocycles. The van der Waals surface area contributed by atoms with Crippen LogP contribution in [0.3, 0.4) is 0 Å². The summed E-state index contributed by atoms with van der Waals surface area (Å²) in [5, 5.41) is 3.01. The van der Waals surface area contributed by atoms with E-state index in [1.807, 2.05) is 13.8 Å². The van der Waals surface area contributed by atoms with Gasteiger partial charge in [0.2, 0.25) is 0 Å². The molecule has 5 heteroatoms. The molecule has 104 valence electrons. The van der Waals surface area contributed by atoms with Gasteiger partial charge in [-0.15, -0.1) is 0 Å². The number of nitrogens with one attached hydrogen (secondary N) is 1. The molecule has 0 radical (unpaired) electrons. The van der Waals surface area contributed by atoms with Gasteiger partial charge in [0, 0.05) is 13.1 Å². The molecule has 1 rings (SSSR count). The quantitative estimate of drug-likeness (QED) is 0.754. The third-order valence-electron chi connectivity index (χ3n) is 3.76. The van der Waals surface area contributed by atoms with Gasteiger partial charge in [0.1, 0.15) is 0 Å². The van der Waals surface area contributed by atoms with Crippen molar-refractivity contribution in [1.82, 2.24) is 10.2 Å². The Labute approximate surface area is 115 Å². The van der Waals surface area contributed by atoms with E-state index in [4.69, 9.17) is 18.0 Å². The Hall–Kier alpha value is -0.840. The highest BCUT2D eigenvalue weighted by atomic mass is 32.1. The fraction of sp³-hybridized carbons (Fsp3) is 0.846. The molecular formula is C13H25N3OS. The van der Waals surface area contributed by atoms with Crippen molar-refractivity contribution < 1.29 is 4.79 Å². The lowest BCUT2D eigenvalue weighted by Gasteiger charge is -2.32. The third kappa shape index (κ3) is 4.12. The Bertz CT molecular complexity index is 286. The summed E-state index contributed by atoms with van der Waals surface area (Å²) in [5.41, 5.74) is 5.80. The van der Waals surface area contributed by atoms with E-state index in [1.54, 1.807) is 4.90 Å². The van der Waals surface area contributed by atoms with Gasteiger partial charge in [-0.1, -0.05) is 31.5 Å². The second-order valence-corrected chi connectivity index (χ2v) is 5.37. The number of urea groups is 1. The van der Waals surface area contributed by atoms with Crippen LogP contribution >= 0.6 is 12.2 Å². The maximum atomic E-state index is 12.1. The van der Waals surface area contributed by atoms with Gasteiger partial charge in [0.25, 0.3) is 0 Å². The van der Waals surface area contributed by atoms with E-state index < -0.39 is 0 Å². The van der Waals surface area contributed by atoms with Crippen LogP contribution in [0, 0.1) is 5.92 Å². The van der Waals surface area contributed by atoms with Crippen molar-refractivity contribution in [2.45, 2.75) is 52.0 Å². The van der Waals surface area contributed by atoms with Gasteiger partial charge < -0.3 is 16.0 Å². The minimum Gasteiger partial charge on any atom is -0.392 e. The molecule has 0 heterocycles. The Morgan fingerprint density at radius 2 is 1.89 bits per heavy atom. The fourth-order valence-corrected chi connectivity index (χ4v) is 2.88. The van der Waals surface area contributed by atoms with Crippen LogP contribution in [-0.2, 0) is 0 Å². The molecule has 4 nitrogen and oxygen atoms in total. The van der Waals surface area contributed by atoms with Crippen molar-refractivity contribution in [2.24, 2.45) is 11.7 Å². The number of nitrogens with zero attached hydrogens (tertiary/aromatic N) is 1. The van der Waals surface area contributed by atoms with Crippen molar-refractivity contribution in [3.8, 4) is 0 Å². The summed E-state index contributed by atoms with van der Waals surface area (Å²) >= 11 is 5.12. The zero-order valence-electron chi connectivity index (χ0n) is 11.4. The first-order valence-electron chi connectivity index (χ1n) is 6.94. The van der Waals surface area contributed by atoms with Crippen molar-refractivity contribution in [1.29, 1.82) is 0 Å². The first-order chi connectivity index (χ1) is 8.60. The number of carbonyl (C=O) groups is 1. The first-order valence-corrected chi connectivity index (χ1v) is 7.35. The number of hydrogen-bond acceptors (Lipinski definition) is 2. The Balaban J connectivity index is 2.62. The minimum absolute atomic E-state index is 0.0524. The SMILES string of the molecule is CCN(CC)C(=O)NC(C(N)=S)C1CCCCC1. The Morgan fingerprint density at radius 1 is 1.33 bits per heavy atom. The van der Waals surface area contributed by atoms with Crippen molar-refractivity contribution in [2.75, 3.05) is 13.1 Å². The van der Waals surface area contributed by atoms with E-state index in [1.165, 1.54) is 19.3 Å². The number of amides is 2. The van der Waals surface area contributed by atoms with E-state index in [0.717, 1.165) is 12.8 Å². The van der Waals surface area contributed by atoms with Gasteiger partial charge in [-0.05, 0) is 32.6 Å². The molecule has 0 spiro atoms. The smallest absolute Gasteiger partial charge is 0.317 e. The lowest BCUT2D eigenvalue weighted by Crippen LogP contribution is -2.52. The minimum atomic E-state index is -0.145. The molecule has 1 unspecified atom stereocenters. The van der Waals surface area contributed by atoms with Crippen LogP contribution in [0.1, 0.15) is 46.0 Å². The van der Waals surface area contributed by atoms with Crippen LogP contribution in [0.25, 0.3) is 0 Å². The highest BCUT2D eigenvalue weighted by Crippen LogP contribution is 2.26. The van der Waals surface area contributed by atoms with E-state index in [9.17, 15) is 4.79 Å². The van der Waals surface area contributed by atoms with Gasteiger partial charge in [-0.2, -0.15) is 0 Å². The van der Waals surface area contributed by atoms with E-state index in [0.29, 0.717) is 24.0 Å². The molecule has 1 atom stereocenters. The highest BCUT2D eigenvalue weighted by molar-refractivity contribution is 7.80. The van der Waals surface area contributed by atoms with Crippen LogP contribution < -0.4 is 11.1 Å². The van der Waals surface area contributed by atoms with Gasteiger partial charge in [-0.3, -0.25) is 0 Å². The van der Waals surface area contributed by atoms with E-state index in [2.05, 4.69) is 5.32 Å². The van der Waals surface area contributed by atoms with Crippen LogP contribution in [0.5, 0.6) is 0 Å². The highest BCUT2D eigenvalue weighted by Gasteiger charge is 2.28. The summed E-state index contributed by atoms with van der Waals surface area (Å²) in [6.45, 7) is 5.35. The Morgan fingerprint density at radius 3 is 2.33 bits per heavy atom. The van der Waals surface area contributed by atoms with Gasteiger partial charge in [0.05, 0.1) is 11.0 Å². The average Bonchev–Trinajstić information content (AvgIpc) is 2.38. The lowest BCUT2D eigenvalue weighted by atomic mass is 9.84. The lowest BCUT2D eigenvalue weighted by molar-refractivity contribution is 0.195. The fourth-order valence-electron chi connectivity index (χ4n) is 2.62. The zero-order chi connectivity index (χ0) is 13.5. The van der Waals surface area contributed by atoms with E-state index >= 15 is 0 Å². The molecule has 1 aliphatic carbocycles. The van der Waals surface area contributed by atoms with Crippen LogP contribution in [-0.4, -0.2) is 35.1 Å². The Kier molecular flexibility index (Phi) is 6.39. The molecule has 0 aromatic carbocycles. The predicted molar refractivity (Wildman–Crippen MR) is 78.6 cm³/mol. The average molecular weight is 271 g/mol. The summed E-state index contributed by atoms with van der Waals surface area (Å²) in [4.78, 5) is 14.2. The molecule has 1 aliphatic rings. The van der Waals surface area contributed by atoms with Gasteiger partial charge >= 0.3 is 6.03 Å². The standard InChI is InChI=1S/C13H25N3OS/c1-3-16(4-2)13(17)15-11(12(14)18)10-8-6-5-7-9-10/h10-11H,3-9H2,1-2H3,(H2,14,18)(H,15,17). The maximum absolute atomic E-state index is 12.1.